The molecule has 0 spiro atoms. The lowest BCUT2D eigenvalue weighted by atomic mass is 9.79. The Morgan fingerprint density at radius 3 is 2.60 bits per heavy atom. The first-order valence-electron chi connectivity index (χ1n) is 8.64. The highest BCUT2D eigenvalue weighted by Crippen LogP contribution is 2.28. The van der Waals surface area contributed by atoms with Crippen LogP contribution in [0.15, 0.2) is 4.52 Å². The molecule has 1 aliphatic heterocycles. The summed E-state index contributed by atoms with van der Waals surface area (Å²) in [6, 6.07) is 0. The molecule has 0 bridgehead atoms. The Kier molecular flexibility index (Phi) is 8.31. The Morgan fingerprint density at radius 2 is 2.04 bits per heavy atom. The average Bonchev–Trinajstić information content (AvgIpc) is 3.01. The van der Waals surface area contributed by atoms with E-state index in [4.69, 9.17) is 9.26 Å². The normalized spacial score (nSPS) is 17.0. The van der Waals surface area contributed by atoms with E-state index in [1.165, 1.54) is 0 Å². The summed E-state index contributed by atoms with van der Waals surface area (Å²) in [6.07, 6.45) is 2.85. The molecule has 0 unspecified atom stereocenters. The zero-order chi connectivity index (χ0) is 17.6. The lowest BCUT2D eigenvalue weighted by molar-refractivity contribution is -0.122. The summed E-state index contributed by atoms with van der Waals surface area (Å²) in [7, 11) is 1.72. The Balaban J connectivity index is 0.00000312. The summed E-state index contributed by atoms with van der Waals surface area (Å²) >= 11 is 0. The van der Waals surface area contributed by atoms with Crippen molar-refractivity contribution in [2.45, 2.75) is 51.9 Å². The number of carbonyl (C=O) groups excluding carboxylic acids is 1. The number of aromatic nitrogens is 2. The molecule has 25 heavy (non-hydrogen) atoms. The number of hydrogen-bond acceptors (Lipinski definition) is 6. The maximum atomic E-state index is 12.2. The van der Waals surface area contributed by atoms with Gasteiger partial charge in [0.1, 0.15) is 0 Å². The first-order chi connectivity index (χ1) is 11.3. The molecule has 1 aromatic rings. The largest absolute Gasteiger partial charge is 0.384 e. The smallest absolute Gasteiger partial charge is 0.227 e. The Morgan fingerprint density at radius 1 is 1.36 bits per heavy atom. The van der Waals surface area contributed by atoms with E-state index in [0.29, 0.717) is 37.7 Å². The summed E-state index contributed by atoms with van der Waals surface area (Å²) in [5.74, 6) is 1.20. The van der Waals surface area contributed by atoms with Gasteiger partial charge in [-0.1, -0.05) is 25.9 Å². The molecule has 7 nitrogen and oxygen atoms in total. The van der Waals surface area contributed by atoms with E-state index < -0.39 is 0 Å². The molecular formula is C17H31ClN4O3. The summed E-state index contributed by atoms with van der Waals surface area (Å²) in [6.45, 7) is 9.35. The van der Waals surface area contributed by atoms with Crippen LogP contribution in [0.2, 0.25) is 0 Å². The molecule has 1 fully saturated rings. The molecule has 144 valence electrons. The van der Waals surface area contributed by atoms with E-state index >= 15 is 0 Å². The molecule has 0 aliphatic carbocycles. The summed E-state index contributed by atoms with van der Waals surface area (Å²) in [5.41, 5.74) is -0.106. The SMILES string of the molecule is COCC1(CNC(=O)CCc2nc(C(C)(C)C)no2)CCNCC1.Cl. The summed E-state index contributed by atoms with van der Waals surface area (Å²) in [4.78, 5) is 16.5. The van der Waals surface area contributed by atoms with Gasteiger partial charge in [-0.2, -0.15) is 4.98 Å². The van der Waals surface area contributed by atoms with E-state index in [-0.39, 0.29) is 29.1 Å². The van der Waals surface area contributed by atoms with Crippen LogP contribution in [0.1, 0.15) is 51.7 Å². The highest BCUT2D eigenvalue weighted by molar-refractivity contribution is 5.85. The predicted octanol–water partition coefficient (Wildman–Crippen LogP) is 1.85. The minimum Gasteiger partial charge on any atom is -0.384 e. The molecule has 1 aromatic heterocycles. The number of hydrogen-bond donors (Lipinski definition) is 2. The molecule has 1 amide bonds. The van der Waals surface area contributed by atoms with Crippen LogP contribution < -0.4 is 10.6 Å². The topological polar surface area (TPSA) is 89.3 Å². The van der Waals surface area contributed by atoms with Crippen LogP contribution >= 0.6 is 12.4 Å². The van der Waals surface area contributed by atoms with Crippen molar-refractivity contribution in [3.8, 4) is 0 Å². The molecule has 1 aliphatic rings. The van der Waals surface area contributed by atoms with Crippen LogP contribution in [0.25, 0.3) is 0 Å². The van der Waals surface area contributed by atoms with Gasteiger partial charge in [-0.15, -0.1) is 12.4 Å². The minimum atomic E-state index is -0.147. The number of piperidine rings is 1. The number of nitrogens with zero attached hydrogens (tertiary/aromatic N) is 2. The van der Waals surface area contributed by atoms with Gasteiger partial charge >= 0.3 is 0 Å². The van der Waals surface area contributed by atoms with Crippen molar-refractivity contribution in [2.75, 3.05) is 33.4 Å². The van der Waals surface area contributed by atoms with Crippen molar-refractivity contribution in [1.82, 2.24) is 20.8 Å². The average molecular weight is 375 g/mol. The molecular weight excluding hydrogens is 344 g/mol. The third kappa shape index (κ3) is 6.56. The minimum absolute atomic E-state index is 0. The van der Waals surface area contributed by atoms with E-state index in [0.717, 1.165) is 25.9 Å². The van der Waals surface area contributed by atoms with Crippen LogP contribution in [0.3, 0.4) is 0 Å². The van der Waals surface area contributed by atoms with Gasteiger partial charge in [0.05, 0.1) is 6.61 Å². The molecule has 0 atom stereocenters. The monoisotopic (exact) mass is 374 g/mol. The van der Waals surface area contributed by atoms with Gasteiger partial charge in [0.2, 0.25) is 11.8 Å². The quantitative estimate of drug-likeness (QED) is 0.757. The third-order valence-electron chi connectivity index (χ3n) is 4.48. The number of rotatable bonds is 7. The number of amides is 1. The second kappa shape index (κ2) is 9.50. The first-order valence-corrected chi connectivity index (χ1v) is 8.64. The maximum absolute atomic E-state index is 12.2. The van der Waals surface area contributed by atoms with E-state index in [1.54, 1.807) is 7.11 Å². The number of nitrogens with one attached hydrogen (secondary N) is 2. The van der Waals surface area contributed by atoms with Gasteiger partial charge < -0.3 is 19.9 Å². The fourth-order valence-corrected chi connectivity index (χ4v) is 2.89. The number of carbonyl (C=O) groups is 1. The number of ether oxygens (including phenoxy) is 1. The van der Waals surface area contributed by atoms with Gasteiger partial charge in [0, 0.05) is 37.3 Å². The first kappa shape index (κ1) is 21.9. The second-order valence-corrected chi connectivity index (χ2v) is 7.72. The van der Waals surface area contributed by atoms with Gasteiger partial charge in [-0.25, -0.2) is 0 Å². The lowest BCUT2D eigenvalue weighted by Crippen LogP contribution is -2.47. The number of methoxy groups -OCH3 is 1. The molecule has 0 saturated carbocycles. The molecule has 1 saturated heterocycles. The molecule has 2 N–H and O–H groups in total. The van der Waals surface area contributed by atoms with Crippen LogP contribution in [-0.4, -0.2) is 49.4 Å². The Labute approximate surface area is 156 Å². The standard InChI is InChI=1S/C17H30N4O3.ClH/c1-16(2,3)15-20-14(24-21-15)6-5-13(22)19-11-17(12-23-4)7-9-18-10-8-17;/h18H,5-12H2,1-4H3,(H,19,22);1H. The predicted molar refractivity (Wildman–Crippen MR) is 98.0 cm³/mol. The van der Waals surface area contributed by atoms with Crippen molar-refractivity contribution in [3.05, 3.63) is 11.7 Å². The van der Waals surface area contributed by atoms with Crippen LogP contribution in [0.4, 0.5) is 0 Å². The summed E-state index contributed by atoms with van der Waals surface area (Å²) < 4.78 is 10.6. The van der Waals surface area contributed by atoms with Crippen LogP contribution in [-0.2, 0) is 21.4 Å². The fraction of sp³-hybridized carbons (Fsp3) is 0.824. The van der Waals surface area contributed by atoms with Crippen LogP contribution in [0, 0.1) is 5.41 Å². The number of halogens is 1. The molecule has 2 rings (SSSR count). The van der Waals surface area contributed by atoms with Gasteiger partial charge in [0.15, 0.2) is 5.82 Å². The van der Waals surface area contributed by atoms with Crippen molar-refractivity contribution >= 4 is 18.3 Å². The van der Waals surface area contributed by atoms with Crippen molar-refractivity contribution in [2.24, 2.45) is 5.41 Å². The second-order valence-electron chi connectivity index (χ2n) is 7.72. The zero-order valence-electron chi connectivity index (χ0n) is 15.7. The Bertz CT molecular complexity index is 531. The summed E-state index contributed by atoms with van der Waals surface area (Å²) in [5, 5.41) is 10.4. The van der Waals surface area contributed by atoms with Crippen molar-refractivity contribution in [3.63, 3.8) is 0 Å². The van der Waals surface area contributed by atoms with Crippen molar-refractivity contribution in [1.29, 1.82) is 0 Å². The maximum Gasteiger partial charge on any atom is 0.227 e. The van der Waals surface area contributed by atoms with Gasteiger partial charge in [0.25, 0.3) is 0 Å². The zero-order valence-corrected chi connectivity index (χ0v) is 16.5. The molecule has 0 aromatic carbocycles. The lowest BCUT2D eigenvalue weighted by Gasteiger charge is -2.37. The highest BCUT2D eigenvalue weighted by atomic mass is 35.5. The Hall–Kier alpha value is -1.18. The van der Waals surface area contributed by atoms with Gasteiger partial charge in [-0.3, -0.25) is 4.79 Å². The molecule has 8 heteroatoms. The van der Waals surface area contributed by atoms with Crippen LogP contribution in [0.5, 0.6) is 0 Å². The van der Waals surface area contributed by atoms with Crippen molar-refractivity contribution < 1.29 is 14.1 Å². The van der Waals surface area contributed by atoms with E-state index in [2.05, 4.69) is 20.8 Å². The fourth-order valence-electron chi connectivity index (χ4n) is 2.89. The third-order valence-corrected chi connectivity index (χ3v) is 4.48. The van der Waals surface area contributed by atoms with E-state index in [1.807, 2.05) is 20.8 Å². The molecule has 0 radical (unpaired) electrons. The highest BCUT2D eigenvalue weighted by Gasteiger charge is 2.32. The number of aryl methyl sites for hydroxylation is 1. The van der Waals surface area contributed by atoms with E-state index in [9.17, 15) is 4.79 Å². The molecule has 2 heterocycles. The van der Waals surface area contributed by atoms with Gasteiger partial charge in [-0.05, 0) is 25.9 Å².